The predicted octanol–water partition coefficient (Wildman–Crippen LogP) is 1.40. The molecule has 1 amide bonds. The number of aromatic nitrogens is 2. The highest BCUT2D eigenvalue weighted by Crippen LogP contribution is 2.14. The molecule has 1 aliphatic heterocycles. The second kappa shape index (κ2) is 8.12. The number of hydrogen-bond donors (Lipinski definition) is 0. The first kappa shape index (κ1) is 16.7. The molecule has 0 aromatic carbocycles. The lowest BCUT2D eigenvalue weighted by molar-refractivity contribution is -0.135. The summed E-state index contributed by atoms with van der Waals surface area (Å²) in [6.45, 7) is 7.24. The number of nitrogens with zero attached hydrogens (tertiary/aromatic N) is 4. The van der Waals surface area contributed by atoms with Crippen molar-refractivity contribution in [2.24, 2.45) is 0 Å². The number of carbonyl (C=O) groups is 1. The Kier molecular flexibility index (Phi) is 5.66. The van der Waals surface area contributed by atoms with Crippen molar-refractivity contribution in [2.45, 2.75) is 19.5 Å². The van der Waals surface area contributed by atoms with Crippen LogP contribution in [0.2, 0.25) is 0 Å². The van der Waals surface area contributed by atoms with E-state index in [9.17, 15) is 4.79 Å². The molecule has 1 fully saturated rings. The highest BCUT2D eigenvalue weighted by Gasteiger charge is 2.23. The fourth-order valence-electron chi connectivity index (χ4n) is 2.84. The van der Waals surface area contributed by atoms with Gasteiger partial charge in [0, 0.05) is 38.6 Å². The summed E-state index contributed by atoms with van der Waals surface area (Å²) in [5.41, 5.74) is 0. The molecule has 1 saturated heterocycles. The number of rotatable bonds is 7. The molecule has 3 heterocycles. The second-order valence-corrected chi connectivity index (χ2v) is 5.98. The Balaban J connectivity index is 1.65. The van der Waals surface area contributed by atoms with Gasteiger partial charge in [-0.25, -0.2) is 4.98 Å². The zero-order valence-corrected chi connectivity index (χ0v) is 14.0. The Hall–Kier alpha value is -2.12. The molecule has 0 bridgehead atoms. The van der Waals surface area contributed by atoms with Crippen molar-refractivity contribution >= 4 is 5.91 Å². The summed E-state index contributed by atoms with van der Waals surface area (Å²) in [7, 11) is 0. The number of furan rings is 1. The number of morpholine rings is 1. The Morgan fingerprint density at radius 3 is 2.92 bits per heavy atom. The summed E-state index contributed by atoms with van der Waals surface area (Å²) >= 11 is 0. The van der Waals surface area contributed by atoms with Crippen LogP contribution in [-0.4, -0.2) is 64.7 Å². The van der Waals surface area contributed by atoms with Crippen LogP contribution in [0.4, 0.5) is 0 Å². The predicted molar refractivity (Wildman–Crippen MR) is 88.3 cm³/mol. The van der Waals surface area contributed by atoms with Crippen LogP contribution >= 0.6 is 0 Å². The lowest BCUT2D eigenvalue weighted by Gasteiger charge is -2.31. The van der Waals surface area contributed by atoms with Crippen molar-refractivity contribution < 1.29 is 13.9 Å². The normalized spacial score (nSPS) is 16.9. The highest BCUT2D eigenvalue weighted by molar-refractivity contribution is 5.80. The summed E-state index contributed by atoms with van der Waals surface area (Å²) < 4.78 is 12.6. The summed E-state index contributed by atoms with van der Waals surface area (Å²) in [6.07, 6.45) is 6.82. The van der Waals surface area contributed by atoms with E-state index in [1.54, 1.807) is 18.8 Å². The van der Waals surface area contributed by atoms with Gasteiger partial charge in [-0.3, -0.25) is 9.69 Å². The monoisotopic (exact) mass is 332 g/mol. The third-order valence-electron chi connectivity index (χ3n) is 4.36. The SMILES string of the molecule is CC(C(=O)N(CCN1CCOCC1)Cc1ccco1)n1ccnc1. The van der Waals surface area contributed by atoms with E-state index in [1.807, 2.05) is 34.7 Å². The highest BCUT2D eigenvalue weighted by atomic mass is 16.5. The molecule has 7 nitrogen and oxygen atoms in total. The van der Waals surface area contributed by atoms with Crippen LogP contribution in [-0.2, 0) is 16.1 Å². The van der Waals surface area contributed by atoms with Gasteiger partial charge in [0.2, 0.25) is 5.91 Å². The average Bonchev–Trinajstić information content (AvgIpc) is 3.32. The minimum atomic E-state index is -0.285. The smallest absolute Gasteiger partial charge is 0.245 e. The van der Waals surface area contributed by atoms with Crippen LogP contribution in [0.15, 0.2) is 41.5 Å². The van der Waals surface area contributed by atoms with Crippen molar-refractivity contribution in [3.63, 3.8) is 0 Å². The molecule has 130 valence electrons. The van der Waals surface area contributed by atoms with Gasteiger partial charge >= 0.3 is 0 Å². The van der Waals surface area contributed by atoms with Crippen LogP contribution in [0, 0.1) is 0 Å². The van der Waals surface area contributed by atoms with Crippen molar-refractivity contribution in [3.05, 3.63) is 42.9 Å². The lowest BCUT2D eigenvalue weighted by Crippen LogP contribution is -2.44. The average molecular weight is 332 g/mol. The van der Waals surface area contributed by atoms with Gasteiger partial charge in [0.05, 0.1) is 32.3 Å². The molecule has 1 atom stereocenters. The van der Waals surface area contributed by atoms with Crippen LogP contribution < -0.4 is 0 Å². The summed E-state index contributed by atoms with van der Waals surface area (Å²) in [6, 6.07) is 3.46. The molecule has 7 heteroatoms. The van der Waals surface area contributed by atoms with Gasteiger partial charge in [0.15, 0.2) is 0 Å². The van der Waals surface area contributed by atoms with Gasteiger partial charge in [-0.05, 0) is 19.1 Å². The molecule has 0 aliphatic carbocycles. The topological polar surface area (TPSA) is 63.7 Å². The van der Waals surface area contributed by atoms with E-state index < -0.39 is 0 Å². The molecule has 0 spiro atoms. The van der Waals surface area contributed by atoms with E-state index in [-0.39, 0.29) is 11.9 Å². The summed E-state index contributed by atoms with van der Waals surface area (Å²) in [4.78, 5) is 21.2. The van der Waals surface area contributed by atoms with Gasteiger partial charge < -0.3 is 18.6 Å². The minimum absolute atomic E-state index is 0.0673. The van der Waals surface area contributed by atoms with Crippen LogP contribution in [0.1, 0.15) is 18.7 Å². The molecular formula is C17H24N4O3. The van der Waals surface area contributed by atoms with Crippen molar-refractivity contribution in [3.8, 4) is 0 Å². The molecule has 2 aromatic rings. The van der Waals surface area contributed by atoms with E-state index in [0.717, 1.165) is 38.6 Å². The zero-order valence-electron chi connectivity index (χ0n) is 14.0. The number of amides is 1. The van der Waals surface area contributed by atoms with Crippen molar-refractivity contribution in [2.75, 3.05) is 39.4 Å². The fourth-order valence-corrected chi connectivity index (χ4v) is 2.84. The first-order valence-electron chi connectivity index (χ1n) is 8.33. The van der Waals surface area contributed by atoms with E-state index >= 15 is 0 Å². The van der Waals surface area contributed by atoms with E-state index in [4.69, 9.17) is 9.15 Å². The largest absolute Gasteiger partial charge is 0.467 e. The van der Waals surface area contributed by atoms with Crippen LogP contribution in [0.3, 0.4) is 0 Å². The molecular weight excluding hydrogens is 308 g/mol. The molecule has 24 heavy (non-hydrogen) atoms. The van der Waals surface area contributed by atoms with Gasteiger partial charge in [0.25, 0.3) is 0 Å². The number of imidazole rings is 1. The standard InChI is InChI=1S/C17H24N4O3/c1-15(21-5-4-18-14-21)17(22)20(13-16-3-2-10-24-16)7-6-19-8-11-23-12-9-19/h2-5,10,14-15H,6-9,11-13H2,1H3. The van der Waals surface area contributed by atoms with Crippen molar-refractivity contribution in [1.29, 1.82) is 0 Å². The van der Waals surface area contributed by atoms with E-state index in [1.165, 1.54) is 0 Å². The lowest BCUT2D eigenvalue weighted by atomic mass is 10.2. The number of hydrogen-bond acceptors (Lipinski definition) is 5. The Morgan fingerprint density at radius 1 is 1.42 bits per heavy atom. The number of ether oxygens (including phenoxy) is 1. The Labute approximate surface area is 141 Å². The second-order valence-electron chi connectivity index (χ2n) is 5.98. The quantitative estimate of drug-likeness (QED) is 0.767. The van der Waals surface area contributed by atoms with Crippen LogP contribution in [0.5, 0.6) is 0 Å². The Morgan fingerprint density at radius 2 is 2.25 bits per heavy atom. The van der Waals surface area contributed by atoms with Crippen LogP contribution in [0.25, 0.3) is 0 Å². The minimum Gasteiger partial charge on any atom is -0.467 e. The Bertz CT molecular complexity index is 606. The molecule has 3 rings (SSSR count). The number of carbonyl (C=O) groups excluding carboxylic acids is 1. The van der Waals surface area contributed by atoms with Crippen molar-refractivity contribution in [1.82, 2.24) is 19.4 Å². The maximum atomic E-state index is 12.9. The van der Waals surface area contributed by atoms with E-state index in [0.29, 0.717) is 13.1 Å². The molecule has 1 aliphatic rings. The van der Waals surface area contributed by atoms with Gasteiger partial charge in [-0.2, -0.15) is 0 Å². The molecule has 0 radical (unpaired) electrons. The third kappa shape index (κ3) is 4.24. The van der Waals surface area contributed by atoms with E-state index in [2.05, 4.69) is 9.88 Å². The first-order chi connectivity index (χ1) is 11.7. The third-order valence-corrected chi connectivity index (χ3v) is 4.36. The zero-order chi connectivity index (χ0) is 16.8. The maximum absolute atomic E-state index is 12.9. The van der Waals surface area contributed by atoms with Gasteiger partial charge in [-0.15, -0.1) is 0 Å². The maximum Gasteiger partial charge on any atom is 0.245 e. The van der Waals surface area contributed by atoms with Gasteiger partial charge in [-0.1, -0.05) is 0 Å². The fraction of sp³-hybridized carbons (Fsp3) is 0.529. The summed E-state index contributed by atoms with van der Waals surface area (Å²) in [5.74, 6) is 0.862. The first-order valence-corrected chi connectivity index (χ1v) is 8.33. The molecule has 0 N–H and O–H groups in total. The molecule has 0 saturated carbocycles. The molecule has 2 aromatic heterocycles. The summed E-state index contributed by atoms with van der Waals surface area (Å²) in [5, 5.41) is 0. The van der Waals surface area contributed by atoms with Gasteiger partial charge in [0.1, 0.15) is 11.8 Å². The molecule has 1 unspecified atom stereocenters.